The van der Waals surface area contributed by atoms with Gasteiger partial charge >= 0.3 is 0 Å². The SMILES string of the molecule is CCCCC[C@@H](N)c1ccc(Br)cc1F. The smallest absolute Gasteiger partial charge is 0.129 e. The van der Waals surface area contributed by atoms with Crippen molar-refractivity contribution in [2.24, 2.45) is 5.73 Å². The number of unbranched alkanes of at least 4 members (excludes halogenated alkanes) is 2. The van der Waals surface area contributed by atoms with Gasteiger partial charge in [0, 0.05) is 16.1 Å². The second-order valence-electron chi connectivity index (χ2n) is 3.77. The lowest BCUT2D eigenvalue weighted by Gasteiger charge is -2.12. The molecule has 0 saturated heterocycles. The summed E-state index contributed by atoms with van der Waals surface area (Å²) in [7, 11) is 0. The zero-order valence-corrected chi connectivity index (χ0v) is 10.6. The van der Waals surface area contributed by atoms with Crippen LogP contribution >= 0.6 is 15.9 Å². The van der Waals surface area contributed by atoms with E-state index in [0.29, 0.717) is 5.56 Å². The standard InChI is InChI=1S/C12H17BrFN/c1-2-3-4-5-12(15)10-7-6-9(13)8-11(10)14/h6-8,12H,2-5,15H2,1H3/t12-/m1/s1. The first-order valence-electron chi connectivity index (χ1n) is 5.35. The number of halogens is 2. The van der Waals surface area contributed by atoms with Crippen molar-refractivity contribution in [1.29, 1.82) is 0 Å². The summed E-state index contributed by atoms with van der Waals surface area (Å²) in [4.78, 5) is 0. The Bertz CT molecular complexity index is 314. The second kappa shape index (κ2) is 6.23. The molecule has 1 aromatic rings. The summed E-state index contributed by atoms with van der Waals surface area (Å²) >= 11 is 3.23. The van der Waals surface area contributed by atoms with Crippen LogP contribution in [-0.4, -0.2) is 0 Å². The molecule has 0 heterocycles. The number of benzene rings is 1. The minimum Gasteiger partial charge on any atom is -0.324 e. The van der Waals surface area contributed by atoms with Crippen molar-refractivity contribution in [3.63, 3.8) is 0 Å². The molecule has 1 nitrogen and oxygen atoms in total. The summed E-state index contributed by atoms with van der Waals surface area (Å²) in [6.45, 7) is 2.14. The first-order chi connectivity index (χ1) is 7.15. The molecule has 84 valence electrons. The molecule has 0 aliphatic rings. The Morgan fingerprint density at radius 3 is 2.73 bits per heavy atom. The molecule has 0 fully saturated rings. The molecular weight excluding hydrogens is 257 g/mol. The van der Waals surface area contributed by atoms with E-state index in [1.165, 1.54) is 6.07 Å². The van der Waals surface area contributed by atoms with Crippen LogP contribution in [0.5, 0.6) is 0 Å². The quantitative estimate of drug-likeness (QED) is 0.801. The van der Waals surface area contributed by atoms with Crippen LogP contribution in [0.4, 0.5) is 4.39 Å². The number of nitrogens with two attached hydrogens (primary N) is 1. The number of rotatable bonds is 5. The Labute approximate surface area is 99.0 Å². The van der Waals surface area contributed by atoms with Crippen LogP contribution in [0.1, 0.15) is 44.2 Å². The van der Waals surface area contributed by atoms with Crippen molar-refractivity contribution in [3.8, 4) is 0 Å². The van der Waals surface area contributed by atoms with Gasteiger partial charge in [0.2, 0.25) is 0 Å². The Morgan fingerprint density at radius 1 is 1.40 bits per heavy atom. The fraction of sp³-hybridized carbons (Fsp3) is 0.500. The third kappa shape index (κ3) is 3.92. The van der Waals surface area contributed by atoms with Crippen LogP contribution in [0, 0.1) is 5.82 Å². The molecule has 15 heavy (non-hydrogen) atoms. The maximum Gasteiger partial charge on any atom is 0.129 e. The fourth-order valence-electron chi connectivity index (χ4n) is 1.57. The summed E-state index contributed by atoms with van der Waals surface area (Å²) in [6, 6.07) is 4.88. The maximum absolute atomic E-state index is 13.5. The third-order valence-corrected chi connectivity index (χ3v) is 2.97. The average molecular weight is 274 g/mol. The fourth-order valence-corrected chi connectivity index (χ4v) is 1.91. The summed E-state index contributed by atoms with van der Waals surface area (Å²) in [5, 5.41) is 0. The highest BCUT2D eigenvalue weighted by atomic mass is 79.9. The number of hydrogen-bond acceptors (Lipinski definition) is 1. The first-order valence-corrected chi connectivity index (χ1v) is 6.15. The predicted molar refractivity (Wildman–Crippen MR) is 65.2 cm³/mol. The van der Waals surface area contributed by atoms with E-state index in [-0.39, 0.29) is 11.9 Å². The van der Waals surface area contributed by atoms with Gasteiger partial charge in [-0.1, -0.05) is 48.2 Å². The van der Waals surface area contributed by atoms with Crippen LogP contribution in [0.25, 0.3) is 0 Å². The molecule has 0 aliphatic carbocycles. The van der Waals surface area contributed by atoms with Crippen LogP contribution in [0.3, 0.4) is 0 Å². The minimum absolute atomic E-state index is 0.176. The topological polar surface area (TPSA) is 26.0 Å². The van der Waals surface area contributed by atoms with Crippen molar-refractivity contribution >= 4 is 15.9 Å². The lowest BCUT2D eigenvalue weighted by molar-refractivity contribution is 0.538. The van der Waals surface area contributed by atoms with Gasteiger partial charge in [0.25, 0.3) is 0 Å². The van der Waals surface area contributed by atoms with Gasteiger partial charge in [-0.05, 0) is 18.6 Å². The molecule has 0 bridgehead atoms. The Morgan fingerprint density at radius 2 is 2.13 bits per heavy atom. The normalized spacial score (nSPS) is 12.8. The summed E-state index contributed by atoms with van der Waals surface area (Å²) in [6.07, 6.45) is 4.24. The van der Waals surface area contributed by atoms with E-state index in [1.54, 1.807) is 6.07 Å². The van der Waals surface area contributed by atoms with Gasteiger partial charge in [-0.15, -0.1) is 0 Å². The van der Waals surface area contributed by atoms with Gasteiger partial charge in [-0.25, -0.2) is 4.39 Å². The van der Waals surface area contributed by atoms with Crippen molar-refractivity contribution in [1.82, 2.24) is 0 Å². The highest BCUT2D eigenvalue weighted by molar-refractivity contribution is 9.10. The average Bonchev–Trinajstić information content (AvgIpc) is 2.17. The van der Waals surface area contributed by atoms with E-state index in [4.69, 9.17) is 5.73 Å². The molecule has 0 aliphatic heterocycles. The van der Waals surface area contributed by atoms with E-state index >= 15 is 0 Å². The van der Waals surface area contributed by atoms with E-state index in [0.717, 1.165) is 30.2 Å². The molecule has 3 heteroatoms. The van der Waals surface area contributed by atoms with E-state index in [1.807, 2.05) is 6.07 Å². The van der Waals surface area contributed by atoms with Gasteiger partial charge in [0.05, 0.1) is 0 Å². The van der Waals surface area contributed by atoms with E-state index in [9.17, 15) is 4.39 Å². The Hall–Kier alpha value is -0.410. The monoisotopic (exact) mass is 273 g/mol. The van der Waals surface area contributed by atoms with Crippen molar-refractivity contribution in [3.05, 3.63) is 34.1 Å². The molecule has 1 aromatic carbocycles. The summed E-state index contributed by atoms with van der Waals surface area (Å²) < 4.78 is 14.3. The highest BCUT2D eigenvalue weighted by Gasteiger charge is 2.10. The largest absolute Gasteiger partial charge is 0.324 e. The summed E-state index contributed by atoms with van der Waals surface area (Å²) in [5.41, 5.74) is 6.55. The van der Waals surface area contributed by atoms with Crippen molar-refractivity contribution < 1.29 is 4.39 Å². The van der Waals surface area contributed by atoms with Gasteiger partial charge in [0.15, 0.2) is 0 Å². The second-order valence-corrected chi connectivity index (χ2v) is 4.68. The molecule has 1 rings (SSSR count). The van der Waals surface area contributed by atoms with Crippen LogP contribution in [0.15, 0.2) is 22.7 Å². The molecule has 0 aromatic heterocycles. The lowest BCUT2D eigenvalue weighted by Crippen LogP contribution is -2.11. The zero-order valence-electron chi connectivity index (χ0n) is 8.97. The zero-order chi connectivity index (χ0) is 11.3. The predicted octanol–water partition coefficient (Wildman–Crippen LogP) is 4.17. The number of hydrogen-bond donors (Lipinski definition) is 1. The molecule has 0 spiro atoms. The molecule has 0 unspecified atom stereocenters. The molecular formula is C12H17BrFN. The highest BCUT2D eigenvalue weighted by Crippen LogP contribution is 2.23. The van der Waals surface area contributed by atoms with Gasteiger partial charge in [0.1, 0.15) is 5.82 Å². The van der Waals surface area contributed by atoms with Crippen LogP contribution in [-0.2, 0) is 0 Å². The lowest BCUT2D eigenvalue weighted by atomic mass is 10.0. The van der Waals surface area contributed by atoms with E-state index in [2.05, 4.69) is 22.9 Å². The summed E-state index contributed by atoms with van der Waals surface area (Å²) in [5.74, 6) is -0.214. The minimum atomic E-state index is -0.214. The molecule has 0 saturated carbocycles. The Balaban J connectivity index is 2.61. The van der Waals surface area contributed by atoms with Gasteiger partial charge in [-0.2, -0.15) is 0 Å². The molecule has 2 N–H and O–H groups in total. The van der Waals surface area contributed by atoms with Crippen molar-refractivity contribution in [2.75, 3.05) is 0 Å². The maximum atomic E-state index is 13.5. The van der Waals surface area contributed by atoms with Crippen molar-refractivity contribution in [2.45, 2.75) is 38.6 Å². The molecule has 0 amide bonds. The van der Waals surface area contributed by atoms with Crippen LogP contribution < -0.4 is 5.73 Å². The van der Waals surface area contributed by atoms with Crippen LogP contribution in [0.2, 0.25) is 0 Å². The molecule has 0 radical (unpaired) electrons. The van der Waals surface area contributed by atoms with E-state index < -0.39 is 0 Å². The van der Waals surface area contributed by atoms with Gasteiger partial charge in [-0.3, -0.25) is 0 Å². The van der Waals surface area contributed by atoms with Gasteiger partial charge < -0.3 is 5.73 Å². The Kier molecular flexibility index (Phi) is 5.26. The third-order valence-electron chi connectivity index (χ3n) is 2.48. The first kappa shape index (κ1) is 12.7. The molecule has 1 atom stereocenters.